The summed E-state index contributed by atoms with van der Waals surface area (Å²) in [5.41, 5.74) is -1.98. The Balaban J connectivity index is 1.34. The van der Waals surface area contributed by atoms with Gasteiger partial charge in [-0.1, -0.05) is 6.07 Å². The molecule has 3 aliphatic rings. The van der Waals surface area contributed by atoms with Gasteiger partial charge in [0.25, 0.3) is 5.91 Å². The normalized spacial score (nSPS) is 27.9. The molecule has 3 fully saturated rings. The number of rotatable bonds is 3. The summed E-state index contributed by atoms with van der Waals surface area (Å²) in [5, 5.41) is 0. The van der Waals surface area contributed by atoms with Crippen LogP contribution >= 0.6 is 0 Å². The number of carbonyl (C=O) groups excluding carboxylic acids is 1. The number of aromatic nitrogens is 1. The van der Waals surface area contributed by atoms with Gasteiger partial charge in [0, 0.05) is 25.1 Å². The molecule has 1 unspecified atom stereocenters. The molecule has 1 atom stereocenters. The van der Waals surface area contributed by atoms with E-state index in [0.29, 0.717) is 44.8 Å². The molecule has 124 valence electrons. The van der Waals surface area contributed by atoms with Crippen molar-refractivity contribution in [1.29, 1.82) is 0 Å². The van der Waals surface area contributed by atoms with E-state index in [4.69, 9.17) is 9.47 Å². The summed E-state index contributed by atoms with van der Waals surface area (Å²) >= 11 is 0. The number of amides is 1. The Kier molecular flexibility index (Phi) is 3.52. The highest BCUT2D eigenvalue weighted by molar-refractivity contribution is 5.87. The minimum Gasteiger partial charge on any atom is -0.474 e. The van der Waals surface area contributed by atoms with E-state index in [9.17, 15) is 9.18 Å². The lowest BCUT2D eigenvalue weighted by Gasteiger charge is -2.54. The van der Waals surface area contributed by atoms with Crippen molar-refractivity contribution in [2.75, 3.05) is 19.7 Å². The first-order chi connectivity index (χ1) is 11.1. The van der Waals surface area contributed by atoms with Crippen molar-refractivity contribution in [3.63, 3.8) is 0 Å². The monoisotopic (exact) mass is 320 g/mol. The van der Waals surface area contributed by atoms with Crippen LogP contribution in [0.3, 0.4) is 0 Å². The number of likely N-dealkylation sites (tertiary alicyclic amines) is 1. The van der Waals surface area contributed by atoms with Crippen LogP contribution in [-0.4, -0.2) is 52.9 Å². The van der Waals surface area contributed by atoms with Crippen molar-refractivity contribution in [2.45, 2.75) is 49.5 Å². The lowest BCUT2D eigenvalue weighted by molar-refractivity contribution is -0.202. The molecule has 2 saturated heterocycles. The van der Waals surface area contributed by atoms with Crippen LogP contribution in [0.4, 0.5) is 4.39 Å². The minimum absolute atomic E-state index is 0.0268. The van der Waals surface area contributed by atoms with Crippen molar-refractivity contribution in [3.05, 3.63) is 24.4 Å². The second kappa shape index (κ2) is 5.44. The summed E-state index contributed by atoms with van der Waals surface area (Å²) in [6, 6.07) is 5.57. The van der Waals surface area contributed by atoms with Crippen LogP contribution in [-0.2, 0) is 9.53 Å². The molecule has 0 bridgehead atoms. The Morgan fingerprint density at radius 2 is 2.22 bits per heavy atom. The molecule has 0 aromatic carbocycles. The second-order valence-electron chi connectivity index (χ2n) is 6.91. The summed E-state index contributed by atoms with van der Waals surface area (Å²) in [6.45, 7) is 1.54. The van der Waals surface area contributed by atoms with E-state index < -0.39 is 5.67 Å². The molecule has 1 aromatic heterocycles. The van der Waals surface area contributed by atoms with Gasteiger partial charge in [-0.2, -0.15) is 0 Å². The zero-order valence-corrected chi connectivity index (χ0v) is 13.0. The fourth-order valence-corrected chi connectivity index (χ4v) is 3.67. The Morgan fingerprint density at radius 3 is 2.87 bits per heavy atom. The third kappa shape index (κ3) is 2.69. The number of hydrogen-bond donors (Lipinski definition) is 0. The molecule has 1 saturated carbocycles. The SMILES string of the molecule is O=C(N1CC2(CC(Oc3ccccn3)CCO2)C1)C1(F)CCC1. The van der Waals surface area contributed by atoms with Gasteiger partial charge in [-0.15, -0.1) is 0 Å². The molecule has 6 heteroatoms. The lowest BCUT2D eigenvalue weighted by Crippen LogP contribution is -2.70. The van der Waals surface area contributed by atoms with Crippen LogP contribution in [0.1, 0.15) is 32.1 Å². The number of ether oxygens (including phenoxy) is 2. The van der Waals surface area contributed by atoms with E-state index in [-0.39, 0.29) is 17.6 Å². The summed E-state index contributed by atoms with van der Waals surface area (Å²) in [7, 11) is 0. The highest BCUT2D eigenvalue weighted by Crippen LogP contribution is 2.42. The Morgan fingerprint density at radius 1 is 1.39 bits per heavy atom. The zero-order valence-electron chi connectivity index (χ0n) is 13.0. The molecule has 5 nitrogen and oxygen atoms in total. The van der Waals surface area contributed by atoms with Crippen LogP contribution in [0, 0.1) is 0 Å². The molecular formula is C17H21FN2O3. The zero-order chi connectivity index (χ0) is 15.9. The number of hydrogen-bond acceptors (Lipinski definition) is 4. The minimum atomic E-state index is -1.61. The van der Waals surface area contributed by atoms with Crippen molar-refractivity contribution in [2.24, 2.45) is 0 Å². The van der Waals surface area contributed by atoms with E-state index in [1.807, 2.05) is 18.2 Å². The summed E-state index contributed by atoms with van der Waals surface area (Å²) in [5.74, 6) is 0.254. The topological polar surface area (TPSA) is 51.7 Å². The molecule has 1 amide bonds. The molecule has 3 heterocycles. The van der Waals surface area contributed by atoms with Crippen LogP contribution in [0.2, 0.25) is 0 Å². The molecule has 23 heavy (non-hydrogen) atoms. The van der Waals surface area contributed by atoms with Gasteiger partial charge in [0.1, 0.15) is 11.7 Å². The standard InChI is InChI=1S/C17H21FN2O3/c18-17(6-3-7-17)15(21)20-11-16(12-20)10-13(5-9-22-16)23-14-4-1-2-8-19-14/h1-2,4,8,13H,3,5-7,9-12H2. The van der Waals surface area contributed by atoms with Gasteiger partial charge in [-0.25, -0.2) is 9.37 Å². The maximum Gasteiger partial charge on any atom is 0.260 e. The Labute approximate surface area is 134 Å². The predicted octanol–water partition coefficient (Wildman–Crippen LogP) is 2.11. The van der Waals surface area contributed by atoms with Crippen LogP contribution in [0.25, 0.3) is 0 Å². The van der Waals surface area contributed by atoms with Crippen molar-refractivity contribution in [3.8, 4) is 5.88 Å². The summed E-state index contributed by atoms with van der Waals surface area (Å²) in [6.07, 6.45) is 4.78. The maximum atomic E-state index is 14.2. The van der Waals surface area contributed by atoms with Crippen molar-refractivity contribution in [1.82, 2.24) is 9.88 Å². The highest BCUT2D eigenvalue weighted by Gasteiger charge is 2.55. The van der Waals surface area contributed by atoms with Gasteiger partial charge in [-0.05, 0) is 25.3 Å². The number of nitrogens with zero attached hydrogens (tertiary/aromatic N) is 2. The van der Waals surface area contributed by atoms with Gasteiger partial charge in [0.05, 0.1) is 19.7 Å². The summed E-state index contributed by atoms with van der Waals surface area (Å²) < 4.78 is 26.0. The first-order valence-electron chi connectivity index (χ1n) is 8.29. The predicted molar refractivity (Wildman–Crippen MR) is 80.8 cm³/mol. The van der Waals surface area contributed by atoms with E-state index in [1.54, 1.807) is 11.1 Å². The highest BCUT2D eigenvalue weighted by atomic mass is 19.1. The van der Waals surface area contributed by atoms with Gasteiger partial charge in [-0.3, -0.25) is 4.79 Å². The van der Waals surface area contributed by atoms with E-state index in [1.165, 1.54) is 0 Å². The van der Waals surface area contributed by atoms with Crippen LogP contribution < -0.4 is 4.74 Å². The third-order valence-corrected chi connectivity index (χ3v) is 5.15. The molecule has 0 radical (unpaired) electrons. The fraction of sp³-hybridized carbons (Fsp3) is 0.647. The molecular weight excluding hydrogens is 299 g/mol. The van der Waals surface area contributed by atoms with Gasteiger partial charge in [0.2, 0.25) is 5.88 Å². The van der Waals surface area contributed by atoms with Crippen LogP contribution in [0.5, 0.6) is 5.88 Å². The first kappa shape index (κ1) is 14.9. The van der Waals surface area contributed by atoms with E-state index >= 15 is 0 Å². The number of carbonyl (C=O) groups is 1. The maximum absolute atomic E-state index is 14.2. The molecule has 1 aromatic rings. The Hall–Kier alpha value is -1.69. The number of alkyl halides is 1. The average molecular weight is 320 g/mol. The molecule has 2 aliphatic heterocycles. The largest absolute Gasteiger partial charge is 0.474 e. The average Bonchev–Trinajstić information content (AvgIpc) is 2.51. The summed E-state index contributed by atoms with van der Waals surface area (Å²) in [4.78, 5) is 18.0. The Bertz CT molecular complexity index is 585. The lowest BCUT2D eigenvalue weighted by atomic mass is 9.78. The molecule has 0 N–H and O–H groups in total. The van der Waals surface area contributed by atoms with Crippen LogP contribution in [0.15, 0.2) is 24.4 Å². The number of halogens is 1. The smallest absolute Gasteiger partial charge is 0.260 e. The third-order valence-electron chi connectivity index (χ3n) is 5.15. The van der Waals surface area contributed by atoms with E-state index in [0.717, 1.165) is 12.8 Å². The van der Waals surface area contributed by atoms with Gasteiger partial charge in [0.15, 0.2) is 5.67 Å². The van der Waals surface area contributed by atoms with E-state index in [2.05, 4.69) is 4.98 Å². The van der Waals surface area contributed by atoms with Crippen molar-refractivity contribution >= 4 is 5.91 Å². The second-order valence-corrected chi connectivity index (χ2v) is 6.91. The van der Waals surface area contributed by atoms with Crippen molar-refractivity contribution < 1.29 is 18.7 Å². The fourth-order valence-electron chi connectivity index (χ4n) is 3.67. The molecule has 1 aliphatic carbocycles. The first-order valence-corrected chi connectivity index (χ1v) is 8.29. The van der Waals surface area contributed by atoms with Gasteiger partial charge >= 0.3 is 0 Å². The molecule has 1 spiro atoms. The number of pyridine rings is 1. The van der Waals surface area contributed by atoms with Gasteiger partial charge < -0.3 is 14.4 Å². The molecule has 4 rings (SSSR count). The quantitative estimate of drug-likeness (QED) is 0.856.